The predicted molar refractivity (Wildman–Crippen MR) is 51.7 cm³/mol. The molecule has 0 heterocycles. The summed E-state index contributed by atoms with van der Waals surface area (Å²) in [5, 5.41) is 3.08. The second-order valence-electron chi connectivity index (χ2n) is 3.09. The second kappa shape index (κ2) is 4.98. The van der Waals surface area contributed by atoms with E-state index >= 15 is 0 Å². The molecule has 0 aliphatic rings. The summed E-state index contributed by atoms with van der Waals surface area (Å²) in [6.45, 7) is 0. The molecule has 0 aliphatic heterocycles. The van der Waals surface area contributed by atoms with Crippen molar-refractivity contribution in [2.24, 2.45) is 10.8 Å². The van der Waals surface area contributed by atoms with Crippen LogP contribution in [0.2, 0.25) is 0 Å². The first kappa shape index (κ1) is 13.9. The summed E-state index contributed by atoms with van der Waals surface area (Å²) < 4.78 is 62.9. The average molecular weight is 267 g/mol. The molecular formula is C9H6F5N3O. The standard InChI is InChI=1S/C9H6F5N3O/c10-6-2-7(11)5(9(12,13)14)1-4(6)3-16-17-8(15)18/h1-3H,(H3,15,17,18). The van der Waals surface area contributed by atoms with Crippen LogP contribution in [-0.4, -0.2) is 12.2 Å². The number of nitrogens with one attached hydrogen (secondary N) is 1. The van der Waals surface area contributed by atoms with E-state index in [1.165, 1.54) is 0 Å². The van der Waals surface area contributed by atoms with Gasteiger partial charge in [-0.15, -0.1) is 0 Å². The Labute approximate surface area is 97.3 Å². The van der Waals surface area contributed by atoms with E-state index < -0.39 is 35.0 Å². The van der Waals surface area contributed by atoms with Crippen LogP contribution in [0.3, 0.4) is 0 Å². The lowest BCUT2D eigenvalue weighted by Crippen LogP contribution is -2.24. The highest BCUT2D eigenvalue weighted by atomic mass is 19.4. The Bertz CT molecular complexity index is 498. The molecule has 1 rings (SSSR count). The Morgan fingerprint density at radius 1 is 1.28 bits per heavy atom. The fourth-order valence-electron chi connectivity index (χ4n) is 1.05. The van der Waals surface area contributed by atoms with Gasteiger partial charge in [0.15, 0.2) is 0 Å². The molecule has 0 saturated carbocycles. The maximum absolute atomic E-state index is 13.1. The van der Waals surface area contributed by atoms with Gasteiger partial charge in [0.25, 0.3) is 0 Å². The number of urea groups is 1. The molecule has 0 bridgehead atoms. The van der Waals surface area contributed by atoms with Crippen molar-refractivity contribution >= 4 is 12.2 Å². The Hall–Kier alpha value is -2.19. The number of halogens is 5. The zero-order chi connectivity index (χ0) is 13.9. The third-order valence-electron chi connectivity index (χ3n) is 1.77. The van der Waals surface area contributed by atoms with Crippen molar-refractivity contribution in [1.29, 1.82) is 0 Å². The van der Waals surface area contributed by atoms with Crippen LogP contribution in [0.1, 0.15) is 11.1 Å². The van der Waals surface area contributed by atoms with Crippen LogP contribution in [0.4, 0.5) is 26.7 Å². The van der Waals surface area contributed by atoms with Crippen molar-refractivity contribution in [3.63, 3.8) is 0 Å². The van der Waals surface area contributed by atoms with Crippen molar-refractivity contribution in [1.82, 2.24) is 5.43 Å². The summed E-state index contributed by atoms with van der Waals surface area (Å²) in [6, 6.07) is -0.768. The number of nitrogens with two attached hydrogens (primary N) is 1. The molecule has 1 aromatic carbocycles. The highest BCUT2D eigenvalue weighted by molar-refractivity contribution is 5.82. The minimum absolute atomic E-state index is 0.0778. The van der Waals surface area contributed by atoms with Crippen LogP contribution in [0.5, 0.6) is 0 Å². The molecule has 0 saturated heterocycles. The van der Waals surface area contributed by atoms with Crippen molar-refractivity contribution in [2.45, 2.75) is 6.18 Å². The van der Waals surface area contributed by atoms with Crippen molar-refractivity contribution in [3.8, 4) is 0 Å². The number of hydrogen-bond acceptors (Lipinski definition) is 2. The normalized spacial score (nSPS) is 11.8. The summed E-state index contributed by atoms with van der Waals surface area (Å²) in [5.74, 6) is -2.99. The Balaban J connectivity index is 3.13. The summed E-state index contributed by atoms with van der Waals surface area (Å²) >= 11 is 0. The topological polar surface area (TPSA) is 67.5 Å². The molecule has 4 nitrogen and oxygen atoms in total. The van der Waals surface area contributed by atoms with Crippen LogP contribution in [0, 0.1) is 11.6 Å². The van der Waals surface area contributed by atoms with Gasteiger partial charge in [-0.05, 0) is 6.07 Å². The van der Waals surface area contributed by atoms with Crippen LogP contribution in [0.15, 0.2) is 17.2 Å². The third kappa shape index (κ3) is 3.40. The first-order valence-corrected chi connectivity index (χ1v) is 4.36. The molecule has 0 unspecified atom stereocenters. The highest BCUT2D eigenvalue weighted by Crippen LogP contribution is 2.32. The van der Waals surface area contributed by atoms with E-state index in [9.17, 15) is 26.7 Å². The summed E-state index contributed by atoms with van der Waals surface area (Å²) in [5.41, 5.74) is 4.01. The molecule has 98 valence electrons. The molecule has 18 heavy (non-hydrogen) atoms. The number of carbonyl (C=O) groups is 1. The van der Waals surface area contributed by atoms with Crippen LogP contribution >= 0.6 is 0 Å². The lowest BCUT2D eigenvalue weighted by atomic mass is 10.1. The quantitative estimate of drug-likeness (QED) is 0.480. The number of hydrogen-bond donors (Lipinski definition) is 2. The molecule has 0 aliphatic carbocycles. The van der Waals surface area contributed by atoms with Gasteiger partial charge in [-0.2, -0.15) is 18.3 Å². The van der Waals surface area contributed by atoms with Gasteiger partial charge in [0.1, 0.15) is 11.6 Å². The average Bonchev–Trinajstić information content (AvgIpc) is 2.18. The number of benzene rings is 1. The first-order chi connectivity index (χ1) is 8.21. The first-order valence-electron chi connectivity index (χ1n) is 4.36. The van der Waals surface area contributed by atoms with Gasteiger partial charge in [0.05, 0.1) is 11.8 Å². The maximum atomic E-state index is 13.1. The minimum Gasteiger partial charge on any atom is -0.350 e. The predicted octanol–water partition coefficient (Wildman–Crippen LogP) is 1.99. The fraction of sp³-hybridized carbons (Fsp3) is 0.111. The van der Waals surface area contributed by atoms with Gasteiger partial charge in [0, 0.05) is 11.6 Å². The number of amides is 2. The Morgan fingerprint density at radius 3 is 2.39 bits per heavy atom. The SMILES string of the molecule is NC(=O)NN=Cc1cc(C(F)(F)F)c(F)cc1F. The minimum atomic E-state index is -4.96. The third-order valence-corrected chi connectivity index (χ3v) is 1.77. The Kier molecular flexibility index (Phi) is 3.84. The van der Waals surface area contributed by atoms with Crippen molar-refractivity contribution < 1.29 is 26.7 Å². The van der Waals surface area contributed by atoms with Gasteiger partial charge >= 0.3 is 12.2 Å². The number of carbonyl (C=O) groups excluding carboxylic acids is 1. The van der Waals surface area contributed by atoms with E-state index in [-0.39, 0.29) is 12.1 Å². The highest BCUT2D eigenvalue weighted by Gasteiger charge is 2.34. The van der Waals surface area contributed by atoms with Gasteiger partial charge in [-0.25, -0.2) is 19.0 Å². The van der Waals surface area contributed by atoms with Crippen molar-refractivity contribution in [2.75, 3.05) is 0 Å². The number of hydrazone groups is 1. The molecule has 0 radical (unpaired) electrons. The molecule has 0 spiro atoms. The van der Waals surface area contributed by atoms with Crippen LogP contribution in [-0.2, 0) is 6.18 Å². The van der Waals surface area contributed by atoms with E-state index in [2.05, 4.69) is 10.8 Å². The molecule has 0 atom stereocenters. The van der Waals surface area contributed by atoms with E-state index in [1.807, 2.05) is 0 Å². The van der Waals surface area contributed by atoms with E-state index in [0.717, 1.165) is 0 Å². The van der Waals surface area contributed by atoms with Gasteiger partial charge < -0.3 is 5.73 Å². The molecule has 9 heteroatoms. The van der Waals surface area contributed by atoms with Crippen LogP contribution in [0.25, 0.3) is 0 Å². The molecule has 3 N–H and O–H groups in total. The summed E-state index contributed by atoms with van der Waals surface area (Å²) in [4.78, 5) is 10.2. The molecule has 2 amide bonds. The van der Waals surface area contributed by atoms with E-state index in [0.29, 0.717) is 6.21 Å². The van der Waals surface area contributed by atoms with Gasteiger partial charge in [-0.1, -0.05) is 0 Å². The second-order valence-corrected chi connectivity index (χ2v) is 3.09. The molecule has 1 aromatic rings. The number of primary amides is 1. The molecule has 0 fully saturated rings. The Morgan fingerprint density at radius 2 is 1.89 bits per heavy atom. The zero-order valence-corrected chi connectivity index (χ0v) is 8.55. The van der Waals surface area contributed by atoms with Gasteiger partial charge in [-0.3, -0.25) is 0 Å². The summed E-state index contributed by atoms with van der Waals surface area (Å²) in [7, 11) is 0. The van der Waals surface area contributed by atoms with E-state index in [4.69, 9.17) is 0 Å². The molecule has 0 aromatic heterocycles. The number of rotatable bonds is 2. The number of nitrogens with zero attached hydrogens (tertiary/aromatic N) is 1. The zero-order valence-electron chi connectivity index (χ0n) is 8.55. The van der Waals surface area contributed by atoms with E-state index in [1.54, 1.807) is 5.43 Å². The fourth-order valence-corrected chi connectivity index (χ4v) is 1.05. The number of alkyl halides is 3. The smallest absolute Gasteiger partial charge is 0.350 e. The molecular weight excluding hydrogens is 261 g/mol. The van der Waals surface area contributed by atoms with Crippen LogP contribution < -0.4 is 11.2 Å². The largest absolute Gasteiger partial charge is 0.419 e. The lowest BCUT2D eigenvalue weighted by Gasteiger charge is -2.09. The monoisotopic (exact) mass is 267 g/mol. The summed E-state index contributed by atoms with van der Waals surface area (Å²) in [6.07, 6.45) is -4.38. The van der Waals surface area contributed by atoms with Gasteiger partial charge in [0.2, 0.25) is 0 Å². The lowest BCUT2D eigenvalue weighted by molar-refractivity contribution is -0.140. The maximum Gasteiger partial charge on any atom is 0.419 e. The van der Waals surface area contributed by atoms with Crippen molar-refractivity contribution in [3.05, 3.63) is 34.9 Å².